The molecule has 6 nitrogen and oxygen atoms in total. The lowest BCUT2D eigenvalue weighted by Gasteiger charge is -2.29. The first-order valence-corrected chi connectivity index (χ1v) is 7.30. The minimum absolute atomic E-state index is 0.0137. The van der Waals surface area contributed by atoms with Gasteiger partial charge in [0.2, 0.25) is 5.91 Å². The molecule has 1 amide bonds. The van der Waals surface area contributed by atoms with Crippen LogP contribution in [-0.2, 0) is 14.3 Å². The van der Waals surface area contributed by atoms with Gasteiger partial charge in [0.25, 0.3) is 0 Å². The molecule has 0 aromatic rings. The fourth-order valence-corrected chi connectivity index (χ4v) is 2.46. The zero-order valence-electron chi connectivity index (χ0n) is 12.6. The third kappa shape index (κ3) is 4.76. The molecule has 1 aliphatic rings. The van der Waals surface area contributed by atoms with E-state index in [1.807, 2.05) is 6.92 Å². The lowest BCUT2D eigenvalue weighted by molar-refractivity contribution is -0.145. The largest absolute Gasteiger partial charge is 0.481 e. The Morgan fingerprint density at radius 3 is 2.65 bits per heavy atom. The number of carboxylic acids is 1. The number of ether oxygens (including phenoxy) is 1. The molecule has 0 saturated carbocycles. The minimum Gasteiger partial charge on any atom is -0.481 e. The molecule has 0 radical (unpaired) electrons. The second-order valence-corrected chi connectivity index (χ2v) is 5.44. The number of carboxylic acid groups (broad SMARTS) is 1. The number of likely N-dealkylation sites (N-methyl/N-ethyl adjacent to an activating group) is 1. The van der Waals surface area contributed by atoms with E-state index in [1.54, 1.807) is 4.90 Å². The number of carbonyl (C=O) groups is 2. The second kappa shape index (κ2) is 8.21. The third-order valence-electron chi connectivity index (χ3n) is 3.55. The van der Waals surface area contributed by atoms with E-state index < -0.39 is 11.9 Å². The summed E-state index contributed by atoms with van der Waals surface area (Å²) in [7, 11) is 0. The minimum atomic E-state index is -0.889. The Morgan fingerprint density at radius 2 is 2.10 bits per heavy atom. The molecule has 2 unspecified atom stereocenters. The molecule has 1 heterocycles. The Balaban J connectivity index is 2.48. The lowest BCUT2D eigenvalue weighted by atomic mass is 10.0. The summed E-state index contributed by atoms with van der Waals surface area (Å²) in [6.45, 7) is 7.83. The fourth-order valence-electron chi connectivity index (χ4n) is 2.46. The maximum Gasteiger partial charge on any atom is 0.311 e. The molecule has 0 aromatic carbocycles. The lowest BCUT2D eigenvalue weighted by Crippen LogP contribution is -2.46. The van der Waals surface area contributed by atoms with Gasteiger partial charge in [-0.25, -0.2) is 0 Å². The highest BCUT2D eigenvalue weighted by molar-refractivity contribution is 5.78. The average Bonchev–Trinajstić information content (AvgIpc) is 2.84. The van der Waals surface area contributed by atoms with Crippen molar-refractivity contribution >= 4 is 11.9 Å². The summed E-state index contributed by atoms with van der Waals surface area (Å²) in [5.41, 5.74) is 0. The van der Waals surface area contributed by atoms with Crippen LogP contribution in [0.3, 0.4) is 0 Å². The summed E-state index contributed by atoms with van der Waals surface area (Å²) in [6.07, 6.45) is 1.20. The maximum atomic E-state index is 12.2. The quantitative estimate of drug-likeness (QED) is 0.643. The average molecular weight is 286 g/mol. The van der Waals surface area contributed by atoms with Gasteiger partial charge >= 0.3 is 5.97 Å². The molecule has 20 heavy (non-hydrogen) atoms. The summed E-state index contributed by atoms with van der Waals surface area (Å²) < 4.78 is 5.23. The number of rotatable bonds is 8. The molecule has 0 bridgehead atoms. The van der Waals surface area contributed by atoms with E-state index in [9.17, 15) is 9.59 Å². The zero-order valence-corrected chi connectivity index (χ0v) is 12.6. The molecule has 116 valence electrons. The van der Waals surface area contributed by atoms with Gasteiger partial charge in [-0.15, -0.1) is 0 Å². The Kier molecular flexibility index (Phi) is 6.95. The monoisotopic (exact) mass is 286 g/mol. The highest BCUT2D eigenvalue weighted by Gasteiger charge is 2.39. The molecule has 2 N–H and O–H groups in total. The number of hydrogen-bond donors (Lipinski definition) is 2. The van der Waals surface area contributed by atoms with Crippen LogP contribution in [0.5, 0.6) is 0 Å². The van der Waals surface area contributed by atoms with Crippen LogP contribution in [0.15, 0.2) is 0 Å². The molecule has 0 spiro atoms. The van der Waals surface area contributed by atoms with Gasteiger partial charge in [0.1, 0.15) is 5.92 Å². The van der Waals surface area contributed by atoms with Crippen LogP contribution in [0.4, 0.5) is 0 Å². The Labute approximate surface area is 120 Å². The van der Waals surface area contributed by atoms with Crippen molar-refractivity contribution in [2.24, 2.45) is 5.92 Å². The van der Waals surface area contributed by atoms with E-state index >= 15 is 0 Å². The van der Waals surface area contributed by atoms with Crippen LogP contribution in [0.2, 0.25) is 0 Å². The highest BCUT2D eigenvalue weighted by atomic mass is 16.5. The van der Waals surface area contributed by atoms with Gasteiger partial charge in [0.05, 0.1) is 19.3 Å². The number of carbonyl (C=O) groups excluding carboxylic acids is 1. The fraction of sp³-hybridized carbons (Fsp3) is 0.857. The summed E-state index contributed by atoms with van der Waals surface area (Å²) in [4.78, 5) is 25.0. The predicted molar refractivity (Wildman–Crippen MR) is 75.5 cm³/mol. The second-order valence-electron chi connectivity index (χ2n) is 5.44. The van der Waals surface area contributed by atoms with E-state index in [4.69, 9.17) is 9.84 Å². The van der Waals surface area contributed by atoms with Gasteiger partial charge in [0, 0.05) is 19.0 Å². The van der Waals surface area contributed by atoms with E-state index in [0.717, 1.165) is 13.0 Å². The first-order chi connectivity index (χ1) is 9.47. The molecule has 2 atom stereocenters. The van der Waals surface area contributed by atoms with E-state index in [1.165, 1.54) is 0 Å². The van der Waals surface area contributed by atoms with Gasteiger partial charge in [-0.05, 0) is 19.9 Å². The van der Waals surface area contributed by atoms with Crippen LogP contribution in [0.1, 0.15) is 33.6 Å². The van der Waals surface area contributed by atoms with Gasteiger partial charge < -0.3 is 20.1 Å². The van der Waals surface area contributed by atoms with Crippen molar-refractivity contribution in [3.63, 3.8) is 0 Å². The highest BCUT2D eigenvalue weighted by Crippen LogP contribution is 2.21. The number of hydrogen-bond acceptors (Lipinski definition) is 4. The van der Waals surface area contributed by atoms with Gasteiger partial charge in [0.15, 0.2) is 0 Å². The SMILES string of the molecule is CCN(C(=O)CCCNC(C)C)C1COCC1C(=O)O. The normalized spacial score (nSPS) is 22.2. The summed E-state index contributed by atoms with van der Waals surface area (Å²) >= 11 is 0. The van der Waals surface area contributed by atoms with Crippen molar-refractivity contribution < 1.29 is 19.4 Å². The number of nitrogens with one attached hydrogen (secondary N) is 1. The van der Waals surface area contributed by atoms with E-state index in [2.05, 4.69) is 19.2 Å². The van der Waals surface area contributed by atoms with Crippen molar-refractivity contribution in [1.82, 2.24) is 10.2 Å². The van der Waals surface area contributed by atoms with Crippen molar-refractivity contribution in [3.8, 4) is 0 Å². The predicted octanol–water partition coefficient (Wildman–Crippen LogP) is 0.713. The van der Waals surface area contributed by atoms with Crippen molar-refractivity contribution in [1.29, 1.82) is 0 Å². The number of nitrogens with zero attached hydrogens (tertiary/aromatic N) is 1. The molecule has 1 aliphatic heterocycles. The Hall–Kier alpha value is -1.14. The van der Waals surface area contributed by atoms with E-state index in [0.29, 0.717) is 25.6 Å². The number of aliphatic carboxylic acids is 1. The van der Waals surface area contributed by atoms with Crippen molar-refractivity contribution in [3.05, 3.63) is 0 Å². The molecule has 1 fully saturated rings. The van der Waals surface area contributed by atoms with Crippen LogP contribution < -0.4 is 5.32 Å². The molecule has 0 aliphatic carbocycles. The zero-order chi connectivity index (χ0) is 15.1. The molecule has 1 saturated heterocycles. The molecule has 0 aromatic heterocycles. The molecule has 1 rings (SSSR count). The van der Waals surface area contributed by atoms with Crippen LogP contribution in [-0.4, -0.2) is 60.3 Å². The van der Waals surface area contributed by atoms with Gasteiger partial charge in [-0.2, -0.15) is 0 Å². The van der Waals surface area contributed by atoms with Crippen LogP contribution in [0, 0.1) is 5.92 Å². The smallest absolute Gasteiger partial charge is 0.311 e. The van der Waals surface area contributed by atoms with E-state index in [-0.39, 0.29) is 18.6 Å². The van der Waals surface area contributed by atoms with Crippen LogP contribution in [0.25, 0.3) is 0 Å². The topological polar surface area (TPSA) is 78.9 Å². The number of amides is 1. The molecule has 6 heteroatoms. The summed E-state index contributed by atoms with van der Waals surface area (Å²) in [5.74, 6) is -1.48. The third-order valence-corrected chi connectivity index (χ3v) is 3.55. The standard InChI is InChI=1S/C14H26N2O4/c1-4-16(12-9-20-8-11(12)14(18)19)13(17)6-5-7-15-10(2)3/h10-12,15H,4-9H2,1-3H3,(H,18,19). The maximum absolute atomic E-state index is 12.2. The van der Waals surface area contributed by atoms with Gasteiger partial charge in [-0.3, -0.25) is 9.59 Å². The van der Waals surface area contributed by atoms with Crippen molar-refractivity contribution in [2.45, 2.75) is 45.7 Å². The molecular weight excluding hydrogens is 260 g/mol. The first-order valence-electron chi connectivity index (χ1n) is 7.30. The summed E-state index contributed by atoms with van der Waals surface area (Å²) in [6, 6.07) is 0.0788. The van der Waals surface area contributed by atoms with Crippen LogP contribution >= 0.6 is 0 Å². The first kappa shape index (κ1) is 16.9. The summed E-state index contributed by atoms with van der Waals surface area (Å²) in [5, 5.41) is 12.4. The van der Waals surface area contributed by atoms with Gasteiger partial charge in [-0.1, -0.05) is 13.8 Å². The Morgan fingerprint density at radius 1 is 1.40 bits per heavy atom. The Bertz CT molecular complexity index is 333. The molecular formula is C14H26N2O4. The van der Waals surface area contributed by atoms with Crippen molar-refractivity contribution in [2.75, 3.05) is 26.3 Å².